The quantitative estimate of drug-likeness (QED) is 0.236. The van der Waals surface area contributed by atoms with Crippen LogP contribution < -0.4 is 0 Å². The van der Waals surface area contributed by atoms with Gasteiger partial charge in [-0.2, -0.15) is 0 Å². The molecule has 1 atom stereocenters. The van der Waals surface area contributed by atoms with Gasteiger partial charge in [-0.05, 0) is 109 Å². The number of halogens is 1. The monoisotopic (exact) mass is 442 g/mol. The predicted octanol–water partition coefficient (Wildman–Crippen LogP) is 9.15. The molecule has 180 valence electrons. The lowest BCUT2D eigenvalue weighted by Crippen LogP contribution is -2.23. The summed E-state index contributed by atoms with van der Waals surface area (Å²) >= 11 is 0. The Morgan fingerprint density at radius 3 is 2.34 bits per heavy atom. The summed E-state index contributed by atoms with van der Waals surface area (Å²) in [5.41, 5.74) is 5.59. The van der Waals surface area contributed by atoms with Crippen molar-refractivity contribution in [3.63, 3.8) is 0 Å². The minimum Gasteiger partial charge on any atom is -0.386 e. The van der Waals surface area contributed by atoms with E-state index in [4.69, 9.17) is 0 Å². The molecule has 1 rings (SSSR count). The highest BCUT2D eigenvalue weighted by Crippen LogP contribution is 2.38. The van der Waals surface area contributed by atoms with Crippen molar-refractivity contribution in [2.45, 2.75) is 125 Å². The first-order valence-electron chi connectivity index (χ1n) is 12.3. The Morgan fingerprint density at radius 2 is 1.75 bits per heavy atom. The predicted molar refractivity (Wildman–Crippen MR) is 138 cm³/mol. The summed E-state index contributed by atoms with van der Waals surface area (Å²) in [4.78, 5) is 0. The maximum absolute atomic E-state index is 14.6. The molecule has 0 bridgehead atoms. The van der Waals surface area contributed by atoms with Crippen molar-refractivity contribution in [2.24, 2.45) is 5.41 Å². The van der Waals surface area contributed by atoms with Gasteiger partial charge in [-0.1, -0.05) is 42.7 Å². The standard InChI is InChI=1S/C30H47FO/c1-9-10-20-29(6,7)21-18-24(3)14-16-26(5)28(31)13-11-12-23(2)15-17-27-25(4)19-22-30(27,8)32/h12,18,32H,11,13-17,19-22H2,1-8H3/b23-12+,24-18+,28-26+. The van der Waals surface area contributed by atoms with E-state index < -0.39 is 5.60 Å². The van der Waals surface area contributed by atoms with Gasteiger partial charge in [0.15, 0.2) is 0 Å². The Kier molecular flexibility index (Phi) is 11.7. The summed E-state index contributed by atoms with van der Waals surface area (Å²) in [5, 5.41) is 10.5. The summed E-state index contributed by atoms with van der Waals surface area (Å²) < 4.78 is 14.6. The van der Waals surface area contributed by atoms with E-state index in [0.29, 0.717) is 6.42 Å². The number of allylic oxidation sites excluding steroid dienone is 7. The summed E-state index contributed by atoms with van der Waals surface area (Å²) in [6, 6.07) is 0. The third kappa shape index (κ3) is 10.4. The first-order valence-corrected chi connectivity index (χ1v) is 12.3. The van der Waals surface area contributed by atoms with E-state index in [9.17, 15) is 9.50 Å². The molecule has 1 unspecified atom stereocenters. The second-order valence-corrected chi connectivity index (χ2v) is 10.8. The normalized spacial score (nSPS) is 20.9. The highest BCUT2D eigenvalue weighted by Gasteiger charge is 2.32. The smallest absolute Gasteiger partial charge is 0.0991 e. The number of rotatable bonds is 12. The van der Waals surface area contributed by atoms with Gasteiger partial charge in [-0.25, -0.2) is 4.39 Å². The maximum atomic E-state index is 14.6. The minimum atomic E-state index is -0.637. The topological polar surface area (TPSA) is 20.2 Å². The van der Waals surface area contributed by atoms with Gasteiger partial charge in [0.1, 0.15) is 0 Å². The molecule has 0 fully saturated rings. The molecule has 0 saturated heterocycles. The van der Waals surface area contributed by atoms with Crippen molar-refractivity contribution < 1.29 is 9.50 Å². The highest BCUT2D eigenvalue weighted by atomic mass is 19.1. The van der Waals surface area contributed by atoms with Crippen LogP contribution in [-0.2, 0) is 0 Å². The average molecular weight is 443 g/mol. The lowest BCUT2D eigenvalue weighted by Gasteiger charge is -2.21. The molecule has 0 radical (unpaired) electrons. The molecule has 0 aliphatic heterocycles. The van der Waals surface area contributed by atoms with E-state index in [0.717, 1.165) is 63.4 Å². The van der Waals surface area contributed by atoms with E-state index in [1.54, 1.807) is 0 Å². The summed E-state index contributed by atoms with van der Waals surface area (Å²) in [6.07, 6.45) is 13.0. The van der Waals surface area contributed by atoms with Crippen LogP contribution in [0.1, 0.15) is 120 Å². The van der Waals surface area contributed by atoms with Crippen LogP contribution in [0.4, 0.5) is 4.39 Å². The van der Waals surface area contributed by atoms with Gasteiger partial charge < -0.3 is 5.11 Å². The first-order chi connectivity index (χ1) is 14.9. The number of hydrogen-bond acceptors (Lipinski definition) is 1. The van der Waals surface area contributed by atoms with Crippen molar-refractivity contribution >= 4 is 0 Å². The Morgan fingerprint density at radius 1 is 1.09 bits per heavy atom. The van der Waals surface area contributed by atoms with Gasteiger partial charge >= 0.3 is 0 Å². The highest BCUT2D eigenvalue weighted by molar-refractivity contribution is 5.28. The molecular formula is C30H47FO. The molecule has 1 aliphatic rings. The molecule has 1 aliphatic carbocycles. The Labute approximate surface area is 198 Å². The molecule has 0 amide bonds. The fourth-order valence-corrected chi connectivity index (χ4v) is 4.23. The van der Waals surface area contributed by atoms with Gasteiger partial charge in [0.2, 0.25) is 0 Å². The molecular weight excluding hydrogens is 395 g/mol. The van der Waals surface area contributed by atoms with Crippen LogP contribution in [0.5, 0.6) is 0 Å². The summed E-state index contributed by atoms with van der Waals surface area (Å²) in [7, 11) is 0. The Balaban J connectivity index is 2.45. The SMILES string of the molecule is CC#CCC(C)(C)C/C=C(\C)CC/C(C)=C(/F)CC/C=C(\C)CCC1=C(C)CCC1(C)O. The zero-order valence-electron chi connectivity index (χ0n) is 22.1. The fourth-order valence-electron chi connectivity index (χ4n) is 4.23. The summed E-state index contributed by atoms with van der Waals surface area (Å²) in [5.74, 6) is 6.20. The largest absolute Gasteiger partial charge is 0.386 e. The Hall–Kier alpha value is -1.59. The first kappa shape index (κ1) is 28.4. The van der Waals surface area contributed by atoms with Crippen LogP contribution in [0.25, 0.3) is 0 Å². The van der Waals surface area contributed by atoms with Gasteiger partial charge in [-0.3, -0.25) is 0 Å². The molecule has 1 nitrogen and oxygen atoms in total. The maximum Gasteiger partial charge on any atom is 0.0991 e. The second kappa shape index (κ2) is 13.2. The zero-order chi connectivity index (χ0) is 24.4. The molecule has 32 heavy (non-hydrogen) atoms. The van der Waals surface area contributed by atoms with Crippen molar-refractivity contribution in [1.29, 1.82) is 0 Å². The van der Waals surface area contributed by atoms with Crippen LogP contribution in [0.3, 0.4) is 0 Å². The molecule has 2 heteroatoms. The molecule has 0 aromatic rings. The number of aliphatic hydroxyl groups is 1. The third-order valence-corrected chi connectivity index (χ3v) is 6.88. The van der Waals surface area contributed by atoms with Crippen LogP contribution in [-0.4, -0.2) is 10.7 Å². The van der Waals surface area contributed by atoms with Crippen molar-refractivity contribution in [1.82, 2.24) is 0 Å². The van der Waals surface area contributed by atoms with E-state index in [2.05, 4.69) is 58.6 Å². The fraction of sp³-hybridized carbons (Fsp3) is 0.667. The third-order valence-electron chi connectivity index (χ3n) is 6.88. The van der Waals surface area contributed by atoms with Crippen LogP contribution in [0.15, 0.2) is 45.8 Å². The van der Waals surface area contributed by atoms with Gasteiger partial charge in [0.25, 0.3) is 0 Å². The molecule has 0 aromatic heterocycles. The minimum absolute atomic E-state index is 0.0395. The Bertz CT molecular complexity index is 806. The second-order valence-electron chi connectivity index (χ2n) is 10.8. The van der Waals surface area contributed by atoms with E-state index in [1.165, 1.54) is 22.3 Å². The van der Waals surface area contributed by atoms with Crippen LogP contribution >= 0.6 is 0 Å². The molecule has 1 N–H and O–H groups in total. The van der Waals surface area contributed by atoms with Gasteiger partial charge in [0.05, 0.1) is 11.4 Å². The van der Waals surface area contributed by atoms with Gasteiger partial charge in [-0.15, -0.1) is 11.8 Å². The van der Waals surface area contributed by atoms with Crippen molar-refractivity contribution in [3.8, 4) is 11.8 Å². The zero-order valence-corrected chi connectivity index (χ0v) is 22.1. The molecule has 0 aromatic carbocycles. The summed E-state index contributed by atoms with van der Waals surface area (Å²) in [6.45, 7) is 16.6. The molecule has 0 spiro atoms. The van der Waals surface area contributed by atoms with Crippen molar-refractivity contribution in [3.05, 3.63) is 45.8 Å². The lowest BCUT2D eigenvalue weighted by molar-refractivity contribution is 0.0964. The van der Waals surface area contributed by atoms with Gasteiger partial charge in [0, 0.05) is 12.8 Å². The average Bonchev–Trinajstić information content (AvgIpc) is 2.99. The molecule has 0 heterocycles. The van der Waals surface area contributed by atoms with E-state index in [-0.39, 0.29) is 11.2 Å². The van der Waals surface area contributed by atoms with Crippen LogP contribution in [0.2, 0.25) is 0 Å². The van der Waals surface area contributed by atoms with E-state index >= 15 is 0 Å². The van der Waals surface area contributed by atoms with Crippen molar-refractivity contribution in [2.75, 3.05) is 0 Å². The number of hydrogen-bond donors (Lipinski definition) is 1. The lowest BCUT2D eigenvalue weighted by atomic mass is 9.85. The molecule has 0 saturated carbocycles. The van der Waals surface area contributed by atoms with E-state index in [1.807, 2.05) is 20.8 Å². The van der Waals surface area contributed by atoms with Crippen LogP contribution in [0, 0.1) is 17.3 Å².